The first-order chi connectivity index (χ1) is 11.9. The van der Waals surface area contributed by atoms with Crippen LogP contribution in [0.5, 0.6) is 0 Å². The van der Waals surface area contributed by atoms with E-state index in [1.54, 1.807) is 6.92 Å². The fourth-order valence-electron chi connectivity index (χ4n) is 2.73. The normalized spacial score (nSPS) is 14.2. The summed E-state index contributed by atoms with van der Waals surface area (Å²) in [7, 11) is 0. The molecule has 0 aliphatic heterocycles. The lowest BCUT2D eigenvalue weighted by Gasteiger charge is -2.19. The molecule has 26 heavy (non-hydrogen) atoms. The number of hydrogen-bond donors (Lipinski definition) is 2. The molecule has 2 rings (SSSR count). The highest BCUT2D eigenvalue weighted by Gasteiger charge is 2.46. The molecule has 0 amide bonds. The summed E-state index contributed by atoms with van der Waals surface area (Å²) < 4.78 is 40.7. The number of rotatable bonds is 7. The number of nitro groups is 2. The molecule has 1 aliphatic rings. The number of nitrogens with one attached hydrogen (secondary N) is 1. The zero-order chi connectivity index (χ0) is 19.8. The number of halogens is 3. The second-order valence-electron chi connectivity index (χ2n) is 6.31. The van der Waals surface area contributed by atoms with Crippen LogP contribution < -0.4 is 11.1 Å². The van der Waals surface area contributed by atoms with Crippen LogP contribution in [0.1, 0.15) is 30.9 Å². The maximum Gasteiger partial charge on any atom is 0.419 e. The highest BCUT2D eigenvalue weighted by Crippen LogP contribution is 2.52. The van der Waals surface area contributed by atoms with Crippen LogP contribution >= 0.6 is 0 Å². The summed E-state index contributed by atoms with van der Waals surface area (Å²) in [6, 6.07) is 0. The summed E-state index contributed by atoms with van der Waals surface area (Å²) in [6.45, 7) is 5.04. The summed E-state index contributed by atoms with van der Waals surface area (Å²) >= 11 is 0. The summed E-state index contributed by atoms with van der Waals surface area (Å²) in [6.07, 6.45) is -3.99. The maximum atomic E-state index is 13.6. The first kappa shape index (κ1) is 19.5. The Morgan fingerprint density at radius 2 is 1.81 bits per heavy atom. The first-order valence-electron chi connectivity index (χ1n) is 7.67. The molecule has 0 atom stereocenters. The molecule has 0 saturated heterocycles. The topological polar surface area (TPSA) is 124 Å². The molecule has 0 spiro atoms. The minimum absolute atomic E-state index is 0.0879. The molecular weight excluding hydrogens is 357 g/mol. The van der Waals surface area contributed by atoms with Crippen LogP contribution in [-0.4, -0.2) is 16.4 Å². The van der Waals surface area contributed by atoms with Gasteiger partial charge in [0.1, 0.15) is 5.69 Å². The fourth-order valence-corrected chi connectivity index (χ4v) is 2.73. The van der Waals surface area contributed by atoms with Crippen molar-refractivity contribution in [3.05, 3.63) is 43.5 Å². The molecule has 142 valence electrons. The Bertz CT molecular complexity index is 788. The van der Waals surface area contributed by atoms with Crippen molar-refractivity contribution in [3.8, 4) is 0 Å². The van der Waals surface area contributed by atoms with E-state index >= 15 is 0 Å². The van der Waals surface area contributed by atoms with Crippen molar-refractivity contribution < 1.29 is 23.0 Å². The third-order valence-electron chi connectivity index (χ3n) is 3.99. The summed E-state index contributed by atoms with van der Waals surface area (Å²) in [5.74, 6) is -0.135. The zero-order valence-electron chi connectivity index (χ0n) is 13.9. The third-order valence-corrected chi connectivity index (χ3v) is 3.99. The molecule has 0 unspecified atom stereocenters. The van der Waals surface area contributed by atoms with Crippen LogP contribution in [0, 0.1) is 26.1 Å². The summed E-state index contributed by atoms with van der Waals surface area (Å²) in [5.41, 5.74) is 0.0294. The van der Waals surface area contributed by atoms with E-state index in [-0.39, 0.29) is 18.9 Å². The van der Waals surface area contributed by atoms with Gasteiger partial charge in [-0.3, -0.25) is 20.2 Å². The maximum absolute atomic E-state index is 13.6. The number of nitrogens with two attached hydrogens (primary N) is 1. The average molecular weight is 374 g/mol. The number of nitrogen functional groups attached to an aromatic ring is 1. The van der Waals surface area contributed by atoms with Crippen molar-refractivity contribution in [2.75, 3.05) is 17.6 Å². The number of alkyl halides is 3. The van der Waals surface area contributed by atoms with Gasteiger partial charge < -0.3 is 11.1 Å². The van der Waals surface area contributed by atoms with E-state index in [1.807, 2.05) is 0 Å². The van der Waals surface area contributed by atoms with E-state index < -0.39 is 49.9 Å². The zero-order valence-corrected chi connectivity index (χ0v) is 13.9. The molecule has 1 fully saturated rings. The predicted octanol–water partition coefficient (Wildman–Crippen LogP) is 4.04. The van der Waals surface area contributed by atoms with Crippen LogP contribution in [0.15, 0.2) is 12.2 Å². The molecule has 11 heteroatoms. The molecule has 1 aromatic rings. The molecule has 8 nitrogen and oxygen atoms in total. The Hall–Kier alpha value is -2.85. The minimum Gasteiger partial charge on any atom is -0.393 e. The van der Waals surface area contributed by atoms with Gasteiger partial charge in [-0.1, -0.05) is 12.2 Å². The standard InChI is InChI=1S/C15H17F3N4O4/c1-7(2)6-20-12-13(21(23)24)9(5-8-3-4-8)10(15(16,17)18)11(19)14(12)22(25)26/h8,20H,1,3-6,19H2,2H3. The van der Waals surface area contributed by atoms with E-state index in [9.17, 15) is 33.4 Å². The van der Waals surface area contributed by atoms with E-state index in [0.717, 1.165) is 0 Å². The van der Waals surface area contributed by atoms with E-state index in [1.165, 1.54) is 0 Å². The Morgan fingerprint density at radius 3 is 2.19 bits per heavy atom. The second kappa shape index (κ2) is 6.81. The lowest BCUT2D eigenvalue weighted by molar-refractivity contribution is -0.392. The van der Waals surface area contributed by atoms with Crippen LogP contribution in [0.4, 0.5) is 35.9 Å². The molecule has 0 heterocycles. The van der Waals surface area contributed by atoms with Crippen molar-refractivity contribution in [2.24, 2.45) is 5.92 Å². The van der Waals surface area contributed by atoms with Crippen molar-refractivity contribution in [2.45, 2.75) is 32.4 Å². The smallest absolute Gasteiger partial charge is 0.393 e. The predicted molar refractivity (Wildman–Crippen MR) is 88.9 cm³/mol. The largest absolute Gasteiger partial charge is 0.419 e. The Morgan fingerprint density at radius 1 is 1.27 bits per heavy atom. The van der Waals surface area contributed by atoms with Gasteiger partial charge in [-0.25, -0.2) is 0 Å². The highest BCUT2D eigenvalue weighted by atomic mass is 19.4. The fraction of sp³-hybridized carbons (Fsp3) is 0.467. The molecule has 1 saturated carbocycles. The van der Waals surface area contributed by atoms with Gasteiger partial charge in [-0.2, -0.15) is 13.2 Å². The number of benzene rings is 1. The average Bonchev–Trinajstić information content (AvgIpc) is 3.26. The van der Waals surface area contributed by atoms with E-state index in [2.05, 4.69) is 11.9 Å². The van der Waals surface area contributed by atoms with Crippen molar-refractivity contribution >= 4 is 22.7 Å². The van der Waals surface area contributed by atoms with Gasteiger partial charge in [0.25, 0.3) is 0 Å². The van der Waals surface area contributed by atoms with Gasteiger partial charge in [-0.15, -0.1) is 0 Å². The summed E-state index contributed by atoms with van der Waals surface area (Å²) in [4.78, 5) is 20.8. The molecule has 1 aromatic carbocycles. The lowest BCUT2D eigenvalue weighted by atomic mass is 9.94. The quantitative estimate of drug-likeness (QED) is 0.321. The lowest BCUT2D eigenvalue weighted by Crippen LogP contribution is -2.19. The molecular formula is C15H17F3N4O4. The van der Waals surface area contributed by atoms with Crippen LogP contribution in [0.2, 0.25) is 0 Å². The van der Waals surface area contributed by atoms with Gasteiger partial charge in [-0.05, 0) is 32.1 Å². The first-order valence-corrected chi connectivity index (χ1v) is 7.67. The second-order valence-corrected chi connectivity index (χ2v) is 6.31. The van der Waals surface area contributed by atoms with E-state index in [4.69, 9.17) is 5.73 Å². The van der Waals surface area contributed by atoms with Crippen LogP contribution in [-0.2, 0) is 12.6 Å². The van der Waals surface area contributed by atoms with Gasteiger partial charge in [0.15, 0.2) is 5.69 Å². The van der Waals surface area contributed by atoms with Gasteiger partial charge in [0.2, 0.25) is 0 Å². The highest BCUT2D eigenvalue weighted by molar-refractivity contribution is 5.88. The Labute approximate surface area is 146 Å². The van der Waals surface area contributed by atoms with Crippen molar-refractivity contribution in [3.63, 3.8) is 0 Å². The number of hydrogen-bond acceptors (Lipinski definition) is 6. The molecule has 0 aromatic heterocycles. The monoisotopic (exact) mass is 374 g/mol. The van der Waals surface area contributed by atoms with Gasteiger partial charge >= 0.3 is 17.6 Å². The van der Waals surface area contributed by atoms with Crippen molar-refractivity contribution in [1.82, 2.24) is 0 Å². The van der Waals surface area contributed by atoms with Crippen molar-refractivity contribution in [1.29, 1.82) is 0 Å². The number of anilines is 2. The minimum atomic E-state index is -5.06. The van der Waals surface area contributed by atoms with Crippen LogP contribution in [0.3, 0.4) is 0 Å². The van der Waals surface area contributed by atoms with Gasteiger partial charge in [0, 0.05) is 12.1 Å². The third kappa shape index (κ3) is 3.86. The van der Waals surface area contributed by atoms with Gasteiger partial charge in [0.05, 0.1) is 15.4 Å². The SMILES string of the molecule is C=C(C)CNc1c([N+](=O)[O-])c(N)c(C(F)(F)F)c(CC2CC2)c1[N+](=O)[O-]. The van der Waals surface area contributed by atoms with E-state index in [0.29, 0.717) is 18.4 Å². The number of nitro benzene ring substituents is 2. The molecule has 1 aliphatic carbocycles. The molecule has 0 radical (unpaired) electrons. The Balaban J connectivity index is 2.87. The molecule has 3 N–H and O–H groups in total. The molecule has 0 bridgehead atoms. The number of nitrogens with zero attached hydrogens (tertiary/aromatic N) is 2. The summed E-state index contributed by atoms with van der Waals surface area (Å²) in [5, 5.41) is 25.4. The van der Waals surface area contributed by atoms with Crippen LogP contribution in [0.25, 0.3) is 0 Å². The Kier molecular flexibility index (Phi) is 5.10.